The molecule has 0 aromatic rings. The molecule has 94 valence electrons. The van der Waals surface area contributed by atoms with Gasteiger partial charge in [-0.15, -0.1) is 0 Å². The molecule has 0 aromatic heterocycles. The smallest absolute Gasteiger partial charge is 0.269 e. The minimum atomic E-state index is -2.66. The molecule has 6 heteroatoms. The van der Waals surface area contributed by atoms with Gasteiger partial charge in [-0.25, -0.2) is 9.34 Å². The highest BCUT2D eigenvalue weighted by Gasteiger charge is 2.37. The molecule has 0 aliphatic carbocycles. The number of hydrogen-bond donors (Lipinski definition) is 2. The third-order valence-corrected chi connectivity index (χ3v) is 6.27. The summed E-state index contributed by atoms with van der Waals surface area (Å²) < 4.78 is 17.1. The van der Waals surface area contributed by atoms with E-state index in [1.807, 2.05) is 0 Å². The number of piperidine rings is 2. The number of hydrazine groups is 1. The largest absolute Gasteiger partial charge is 0.297 e. The molecule has 2 aliphatic heterocycles. The highest BCUT2D eigenvalue weighted by Crippen LogP contribution is 2.50. The fourth-order valence-electron chi connectivity index (χ4n) is 2.64. The predicted octanol–water partition coefficient (Wildman–Crippen LogP) is 1.53. The monoisotopic (exact) mass is 246 g/mol. The van der Waals surface area contributed by atoms with Crippen molar-refractivity contribution in [3.63, 3.8) is 0 Å². The minimum Gasteiger partial charge on any atom is -0.269 e. The molecule has 2 rings (SSSR count). The Labute approximate surface area is 97.8 Å². The fourth-order valence-corrected chi connectivity index (χ4v) is 4.97. The van der Waals surface area contributed by atoms with Crippen LogP contribution in [0, 0.1) is 0 Å². The van der Waals surface area contributed by atoms with Gasteiger partial charge in [0.2, 0.25) is 0 Å². The Bertz CT molecular complexity index is 240. The SMILES string of the molecule is NNP(=O)(N1CCCCC1)N1CCCCC1. The Kier molecular flexibility index (Phi) is 4.39. The van der Waals surface area contributed by atoms with Gasteiger partial charge in [-0.3, -0.25) is 10.4 Å². The van der Waals surface area contributed by atoms with E-state index in [0.29, 0.717) is 0 Å². The zero-order chi connectivity index (χ0) is 11.4. The number of nitrogens with zero attached hydrogens (tertiary/aromatic N) is 2. The van der Waals surface area contributed by atoms with Gasteiger partial charge in [0.05, 0.1) is 0 Å². The summed E-state index contributed by atoms with van der Waals surface area (Å²) in [7, 11) is -2.66. The summed E-state index contributed by atoms with van der Waals surface area (Å²) in [6, 6.07) is 0. The van der Waals surface area contributed by atoms with Crippen LogP contribution < -0.4 is 11.0 Å². The average molecular weight is 246 g/mol. The summed E-state index contributed by atoms with van der Waals surface area (Å²) in [6.07, 6.45) is 7.06. The zero-order valence-electron chi connectivity index (χ0n) is 9.90. The lowest BCUT2D eigenvalue weighted by atomic mass is 10.2. The number of hydrogen-bond acceptors (Lipinski definition) is 2. The lowest BCUT2D eigenvalue weighted by Crippen LogP contribution is -2.44. The van der Waals surface area contributed by atoms with Crippen molar-refractivity contribution in [1.29, 1.82) is 0 Å². The molecule has 0 aromatic carbocycles. The van der Waals surface area contributed by atoms with Crippen molar-refractivity contribution in [3.8, 4) is 0 Å². The van der Waals surface area contributed by atoms with E-state index >= 15 is 0 Å². The molecule has 0 saturated carbocycles. The molecule has 0 bridgehead atoms. The van der Waals surface area contributed by atoms with E-state index < -0.39 is 7.59 Å². The van der Waals surface area contributed by atoms with Crippen molar-refractivity contribution in [1.82, 2.24) is 14.5 Å². The van der Waals surface area contributed by atoms with E-state index in [4.69, 9.17) is 5.84 Å². The standard InChI is InChI=1S/C10H23N4OP/c11-12-16(15,13-7-3-1-4-8-13)14-9-5-2-6-10-14/h1-11H2,(H,12,15). The summed E-state index contributed by atoms with van der Waals surface area (Å²) >= 11 is 0. The molecule has 16 heavy (non-hydrogen) atoms. The highest BCUT2D eigenvalue weighted by atomic mass is 31.2. The van der Waals surface area contributed by atoms with Crippen molar-refractivity contribution < 1.29 is 4.57 Å². The van der Waals surface area contributed by atoms with Crippen LogP contribution in [-0.2, 0) is 4.57 Å². The number of rotatable bonds is 3. The molecule has 5 nitrogen and oxygen atoms in total. The van der Waals surface area contributed by atoms with Gasteiger partial charge in [0.1, 0.15) is 0 Å². The first-order valence-corrected chi connectivity index (χ1v) is 7.97. The third-order valence-electron chi connectivity index (χ3n) is 3.60. The molecule has 2 fully saturated rings. The van der Waals surface area contributed by atoms with E-state index in [9.17, 15) is 4.57 Å². The highest BCUT2D eigenvalue weighted by molar-refractivity contribution is 7.56. The third kappa shape index (κ3) is 2.49. The fraction of sp³-hybridized carbons (Fsp3) is 1.00. The van der Waals surface area contributed by atoms with Crippen LogP contribution in [0.15, 0.2) is 0 Å². The second kappa shape index (κ2) is 5.61. The summed E-state index contributed by atoms with van der Waals surface area (Å²) in [4.78, 5) is 0. The van der Waals surface area contributed by atoms with Gasteiger partial charge in [-0.05, 0) is 25.7 Å². The molecule has 0 spiro atoms. The van der Waals surface area contributed by atoms with Crippen LogP contribution in [0.25, 0.3) is 0 Å². The maximum atomic E-state index is 12.9. The van der Waals surface area contributed by atoms with Crippen LogP contribution in [0.3, 0.4) is 0 Å². The van der Waals surface area contributed by atoms with E-state index in [-0.39, 0.29) is 0 Å². The molecule has 3 N–H and O–H groups in total. The molecule has 2 heterocycles. The van der Waals surface area contributed by atoms with Gasteiger partial charge < -0.3 is 0 Å². The van der Waals surface area contributed by atoms with E-state index in [1.165, 1.54) is 12.8 Å². The van der Waals surface area contributed by atoms with Crippen molar-refractivity contribution in [2.45, 2.75) is 38.5 Å². The predicted molar refractivity (Wildman–Crippen MR) is 65.8 cm³/mol. The first kappa shape index (κ1) is 12.5. The van der Waals surface area contributed by atoms with Crippen molar-refractivity contribution in [2.24, 2.45) is 5.84 Å². The Morgan fingerprint density at radius 3 is 1.50 bits per heavy atom. The second-order valence-corrected chi connectivity index (χ2v) is 7.18. The van der Waals surface area contributed by atoms with Gasteiger partial charge in [-0.1, -0.05) is 12.8 Å². The molecule has 0 amide bonds. The molecular weight excluding hydrogens is 223 g/mol. The van der Waals surface area contributed by atoms with Crippen LogP contribution in [0.1, 0.15) is 38.5 Å². The summed E-state index contributed by atoms with van der Waals surface area (Å²) in [5, 5.41) is 2.63. The maximum absolute atomic E-state index is 12.9. The summed E-state index contributed by atoms with van der Waals surface area (Å²) in [5.41, 5.74) is 0. The van der Waals surface area contributed by atoms with Crippen molar-refractivity contribution in [3.05, 3.63) is 0 Å². The maximum Gasteiger partial charge on any atom is 0.297 e. The number of nitrogens with one attached hydrogen (secondary N) is 1. The molecule has 2 saturated heterocycles. The minimum absolute atomic E-state index is 0.915. The van der Waals surface area contributed by atoms with Crippen LogP contribution in [-0.4, -0.2) is 35.5 Å². The molecule has 2 aliphatic rings. The molecular formula is C10H23N4OP. The van der Waals surface area contributed by atoms with Crippen molar-refractivity contribution >= 4 is 7.59 Å². The Balaban J connectivity index is 2.06. The second-order valence-electron chi connectivity index (χ2n) is 4.70. The first-order chi connectivity index (χ1) is 7.77. The van der Waals surface area contributed by atoms with Crippen LogP contribution in [0.4, 0.5) is 0 Å². The summed E-state index contributed by atoms with van der Waals surface area (Å²) in [6.45, 7) is 3.66. The molecule has 0 atom stereocenters. The van der Waals surface area contributed by atoms with E-state index in [1.54, 1.807) is 0 Å². The lowest BCUT2D eigenvalue weighted by molar-refractivity contribution is 0.269. The normalized spacial score (nSPS) is 25.8. The van der Waals surface area contributed by atoms with Crippen LogP contribution >= 0.6 is 7.59 Å². The molecule has 0 radical (unpaired) electrons. The lowest BCUT2D eigenvalue weighted by Gasteiger charge is -2.41. The van der Waals surface area contributed by atoms with Gasteiger partial charge >= 0.3 is 0 Å². The van der Waals surface area contributed by atoms with Gasteiger partial charge in [-0.2, -0.15) is 5.20 Å². The average Bonchev–Trinajstić information content (AvgIpc) is 2.40. The molecule has 0 unspecified atom stereocenters. The summed E-state index contributed by atoms with van der Waals surface area (Å²) in [5.74, 6) is 5.57. The van der Waals surface area contributed by atoms with Crippen molar-refractivity contribution in [2.75, 3.05) is 26.2 Å². The number of nitrogens with two attached hydrogens (primary N) is 1. The Hall–Kier alpha value is 0.0700. The van der Waals surface area contributed by atoms with Gasteiger partial charge in [0, 0.05) is 26.2 Å². The Morgan fingerprint density at radius 2 is 1.19 bits per heavy atom. The van der Waals surface area contributed by atoms with E-state index in [0.717, 1.165) is 51.9 Å². The topological polar surface area (TPSA) is 61.6 Å². The van der Waals surface area contributed by atoms with Gasteiger partial charge in [0.15, 0.2) is 0 Å². The zero-order valence-corrected chi connectivity index (χ0v) is 10.8. The Morgan fingerprint density at radius 1 is 0.812 bits per heavy atom. The first-order valence-electron chi connectivity index (χ1n) is 6.36. The van der Waals surface area contributed by atoms with Gasteiger partial charge in [0.25, 0.3) is 7.59 Å². The van der Waals surface area contributed by atoms with Crippen LogP contribution in [0.5, 0.6) is 0 Å². The quantitative estimate of drug-likeness (QED) is 0.449. The van der Waals surface area contributed by atoms with Crippen LogP contribution in [0.2, 0.25) is 0 Å². The van der Waals surface area contributed by atoms with E-state index in [2.05, 4.69) is 14.5 Å².